The Kier molecular flexibility index (Phi) is 6.06. The van der Waals surface area contributed by atoms with Crippen molar-refractivity contribution in [3.8, 4) is 0 Å². The van der Waals surface area contributed by atoms with Crippen molar-refractivity contribution in [1.29, 1.82) is 0 Å². The summed E-state index contributed by atoms with van der Waals surface area (Å²) in [7, 11) is 0. The number of hydrogen-bond acceptors (Lipinski definition) is 3. The van der Waals surface area contributed by atoms with E-state index in [4.69, 9.17) is 11.6 Å². The van der Waals surface area contributed by atoms with E-state index in [1.165, 1.54) is 36.4 Å². The number of carbonyl (C=O) groups excluding carboxylic acids is 2. The van der Waals surface area contributed by atoms with Crippen molar-refractivity contribution >= 4 is 34.7 Å². The zero-order chi connectivity index (χ0) is 22.8. The molecule has 0 aliphatic carbocycles. The number of halogens is 3. The standard InChI is InChI=1S/C25H19ClF2N2O2/c1-15-14-18(26)6-11-21(15)29-23-22(17-4-9-20(28)10-5-17)24(31)30(25(23)32)13-12-16-2-7-19(27)8-3-16/h2-11,14,29H,12-13H2,1H3. The lowest BCUT2D eigenvalue weighted by Gasteiger charge is -2.16. The Balaban J connectivity index is 1.67. The van der Waals surface area contributed by atoms with Gasteiger partial charge in [0.25, 0.3) is 11.8 Å². The minimum Gasteiger partial charge on any atom is -0.350 e. The van der Waals surface area contributed by atoms with Crippen LogP contribution in [0.2, 0.25) is 5.02 Å². The van der Waals surface area contributed by atoms with Gasteiger partial charge in [0.15, 0.2) is 0 Å². The van der Waals surface area contributed by atoms with Crippen LogP contribution in [0.1, 0.15) is 16.7 Å². The summed E-state index contributed by atoms with van der Waals surface area (Å²) in [5.74, 6) is -1.75. The van der Waals surface area contributed by atoms with E-state index < -0.39 is 17.6 Å². The van der Waals surface area contributed by atoms with Gasteiger partial charge in [-0.05, 0) is 72.5 Å². The highest BCUT2D eigenvalue weighted by Gasteiger charge is 2.39. The van der Waals surface area contributed by atoms with Crippen LogP contribution in [0.5, 0.6) is 0 Å². The first-order valence-electron chi connectivity index (χ1n) is 9.97. The van der Waals surface area contributed by atoms with Gasteiger partial charge in [0, 0.05) is 17.3 Å². The maximum Gasteiger partial charge on any atom is 0.278 e. The second kappa shape index (κ2) is 8.93. The van der Waals surface area contributed by atoms with Crippen molar-refractivity contribution in [3.05, 3.63) is 106 Å². The first-order valence-corrected chi connectivity index (χ1v) is 10.4. The van der Waals surface area contributed by atoms with Crippen LogP contribution in [0.25, 0.3) is 5.57 Å². The molecule has 32 heavy (non-hydrogen) atoms. The summed E-state index contributed by atoms with van der Waals surface area (Å²) in [6.07, 6.45) is 0.377. The fraction of sp³-hybridized carbons (Fsp3) is 0.120. The fourth-order valence-electron chi connectivity index (χ4n) is 3.57. The predicted octanol–water partition coefficient (Wildman–Crippen LogP) is 5.36. The third-order valence-corrected chi connectivity index (χ3v) is 5.52. The van der Waals surface area contributed by atoms with Gasteiger partial charge in [0.05, 0.1) is 5.57 Å². The van der Waals surface area contributed by atoms with Crippen LogP contribution >= 0.6 is 11.6 Å². The van der Waals surface area contributed by atoms with Crippen molar-refractivity contribution in [2.75, 3.05) is 11.9 Å². The molecule has 1 aliphatic rings. The molecule has 0 aromatic heterocycles. The average molecular weight is 453 g/mol. The van der Waals surface area contributed by atoms with Crippen molar-refractivity contribution in [2.45, 2.75) is 13.3 Å². The van der Waals surface area contributed by atoms with E-state index in [-0.39, 0.29) is 23.6 Å². The molecule has 0 saturated heterocycles. The summed E-state index contributed by atoms with van der Waals surface area (Å²) in [6.45, 7) is 1.96. The number of aryl methyl sites for hydroxylation is 1. The van der Waals surface area contributed by atoms with E-state index >= 15 is 0 Å². The van der Waals surface area contributed by atoms with Gasteiger partial charge in [-0.15, -0.1) is 0 Å². The molecule has 7 heteroatoms. The summed E-state index contributed by atoms with van der Waals surface area (Å²) in [6, 6.07) is 16.5. The number of nitrogens with one attached hydrogen (secondary N) is 1. The Labute approximate surface area is 189 Å². The molecular weight excluding hydrogens is 434 g/mol. The van der Waals surface area contributed by atoms with Crippen molar-refractivity contribution in [1.82, 2.24) is 4.90 Å². The SMILES string of the molecule is Cc1cc(Cl)ccc1NC1=C(c2ccc(F)cc2)C(=O)N(CCc2ccc(F)cc2)C1=O. The smallest absolute Gasteiger partial charge is 0.278 e. The van der Waals surface area contributed by atoms with Gasteiger partial charge in [0.1, 0.15) is 17.3 Å². The van der Waals surface area contributed by atoms with Gasteiger partial charge in [-0.1, -0.05) is 35.9 Å². The van der Waals surface area contributed by atoms with Gasteiger partial charge in [0.2, 0.25) is 0 Å². The summed E-state index contributed by atoms with van der Waals surface area (Å²) >= 11 is 6.03. The van der Waals surface area contributed by atoms with Crippen molar-refractivity contribution in [2.24, 2.45) is 0 Å². The molecule has 162 valence electrons. The Hall–Kier alpha value is -3.51. The molecule has 0 radical (unpaired) electrons. The lowest BCUT2D eigenvalue weighted by atomic mass is 10.0. The maximum absolute atomic E-state index is 13.5. The van der Waals surface area contributed by atoms with E-state index in [9.17, 15) is 18.4 Å². The summed E-state index contributed by atoms with van der Waals surface area (Å²) in [4.78, 5) is 27.6. The predicted molar refractivity (Wildman–Crippen MR) is 120 cm³/mol. The van der Waals surface area contributed by atoms with Crippen molar-refractivity contribution < 1.29 is 18.4 Å². The molecule has 0 unspecified atom stereocenters. The highest BCUT2D eigenvalue weighted by Crippen LogP contribution is 2.32. The molecule has 1 heterocycles. The zero-order valence-corrected chi connectivity index (χ0v) is 17.9. The average Bonchev–Trinajstić information content (AvgIpc) is 2.99. The summed E-state index contributed by atoms with van der Waals surface area (Å²) in [5, 5.41) is 3.63. The van der Waals surface area contributed by atoms with Crippen LogP contribution in [0.3, 0.4) is 0 Å². The Bertz CT molecular complexity index is 1220. The molecule has 4 nitrogen and oxygen atoms in total. The molecule has 3 aromatic carbocycles. The first kappa shape index (κ1) is 21.7. The Morgan fingerprint density at radius 3 is 2.12 bits per heavy atom. The zero-order valence-electron chi connectivity index (χ0n) is 17.2. The Morgan fingerprint density at radius 2 is 1.50 bits per heavy atom. The number of amides is 2. The van der Waals surface area contributed by atoms with E-state index in [0.29, 0.717) is 22.7 Å². The van der Waals surface area contributed by atoms with Crippen LogP contribution in [0.4, 0.5) is 14.5 Å². The largest absolute Gasteiger partial charge is 0.350 e. The molecular formula is C25H19ClF2N2O2. The van der Waals surface area contributed by atoms with E-state index in [1.807, 2.05) is 6.92 Å². The van der Waals surface area contributed by atoms with Gasteiger partial charge < -0.3 is 5.32 Å². The van der Waals surface area contributed by atoms with Gasteiger partial charge in [-0.25, -0.2) is 8.78 Å². The number of nitrogens with zero attached hydrogens (tertiary/aromatic N) is 1. The quantitative estimate of drug-likeness (QED) is 0.512. The molecule has 1 N–H and O–H groups in total. The minimum absolute atomic E-state index is 0.117. The van der Waals surface area contributed by atoms with Crippen LogP contribution in [-0.2, 0) is 16.0 Å². The van der Waals surface area contributed by atoms with Gasteiger partial charge >= 0.3 is 0 Å². The normalized spacial score (nSPS) is 13.8. The number of benzene rings is 3. The van der Waals surface area contributed by atoms with Crippen LogP contribution in [-0.4, -0.2) is 23.3 Å². The van der Waals surface area contributed by atoms with E-state index in [1.54, 1.807) is 30.3 Å². The molecule has 0 fully saturated rings. The topological polar surface area (TPSA) is 49.4 Å². The third-order valence-electron chi connectivity index (χ3n) is 5.29. The first-order chi connectivity index (χ1) is 15.3. The monoisotopic (exact) mass is 452 g/mol. The molecule has 2 amide bonds. The van der Waals surface area contributed by atoms with Crippen LogP contribution in [0.15, 0.2) is 72.4 Å². The lowest BCUT2D eigenvalue weighted by Crippen LogP contribution is -2.34. The molecule has 1 aliphatic heterocycles. The molecule has 4 rings (SSSR count). The number of carbonyl (C=O) groups is 2. The van der Waals surface area contributed by atoms with E-state index in [2.05, 4.69) is 5.32 Å². The molecule has 0 atom stereocenters. The molecule has 0 saturated carbocycles. The number of hydrogen-bond donors (Lipinski definition) is 1. The Morgan fingerprint density at radius 1 is 0.875 bits per heavy atom. The molecule has 0 spiro atoms. The fourth-order valence-corrected chi connectivity index (χ4v) is 3.80. The summed E-state index contributed by atoms with van der Waals surface area (Å²) in [5.41, 5.74) is 2.95. The third kappa shape index (κ3) is 4.41. The minimum atomic E-state index is -0.481. The lowest BCUT2D eigenvalue weighted by molar-refractivity contribution is -0.136. The van der Waals surface area contributed by atoms with Crippen LogP contribution < -0.4 is 5.32 Å². The summed E-state index contributed by atoms with van der Waals surface area (Å²) < 4.78 is 26.6. The highest BCUT2D eigenvalue weighted by molar-refractivity contribution is 6.36. The number of anilines is 1. The second-order valence-electron chi connectivity index (χ2n) is 7.48. The highest BCUT2D eigenvalue weighted by atomic mass is 35.5. The van der Waals surface area contributed by atoms with Gasteiger partial charge in [-0.2, -0.15) is 0 Å². The maximum atomic E-state index is 13.5. The molecule has 0 bridgehead atoms. The molecule has 3 aromatic rings. The van der Waals surface area contributed by atoms with Crippen LogP contribution in [0, 0.1) is 18.6 Å². The number of rotatable bonds is 6. The number of imide groups is 1. The van der Waals surface area contributed by atoms with Crippen molar-refractivity contribution in [3.63, 3.8) is 0 Å². The van der Waals surface area contributed by atoms with Gasteiger partial charge in [-0.3, -0.25) is 14.5 Å². The second-order valence-corrected chi connectivity index (χ2v) is 7.92. The van der Waals surface area contributed by atoms with E-state index in [0.717, 1.165) is 16.0 Å².